The van der Waals surface area contributed by atoms with Crippen molar-refractivity contribution in [2.45, 2.75) is 44.8 Å². The molecule has 2 aromatic carbocycles. The van der Waals surface area contributed by atoms with E-state index in [1.54, 1.807) is 19.4 Å². The highest BCUT2D eigenvalue weighted by Crippen LogP contribution is 2.43. The van der Waals surface area contributed by atoms with Gasteiger partial charge in [0.2, 0.25) is 0 Å². The van der Waals surface area contributed by atoms with Crippen molar-refractivity contribution in [2.75, 3.05) is 53.0 Å². The molecule has 1 aromatic heterocycles. The van der Waals surface area contributed by atoms with E-state index < -0.39 is 35.0 Å². The summed E-state index contributed by atoms with van der Waals surface area (Å²) < 4.78 is 67.6. The number of halogens is 4. The summed E-state index contributed by atoms with van der Waals surface area (Å²) in [6, 6.07) is 7.12. The minimum atomic E-state index is -1.54. The Morgan fingerprint density at radius 3 is 2.47 bits per heavy atom. The van der Waals surface area contributed by atoms with E-state index in [0.717, 1.165) is 30.8 Å². The van der Waals surface area contributed by atoms with Crippen LogP contribution in [0.1, 0.15) is 55.0 Å². The van der Waals surface area contributed by atoms with Crippen LogP contribution in [-0.2, 0) is 16.1 Å². The maximum atomic E-state index is 16.5. The Hall–Kier alpha value is -3.72. The van der Waals surface area contributed by atoms with Crippen molar-refractivity contribution in [3.05, 3.63) is 70.7 Å². The van der Waals surface area contributed by atoms with Crippen LogP contribution in [0.4, 0.5) is 17.6 Å². The lowest BCUT2D eigenvalue weighted by atomic mass is 9.71. The van der Waals surface area contributed by atoms with E-state index in [1.165, 1.54) is 0 Å². The number of hydrogen-bond acceptors (Lipinski definition) is 6. The fourth-order valence-electron chi connectivity index (χ4n) is 6.34. The van der Waals surface area contributed by atoms with Gasteiger partial charge >= 0.3 is 5.97 Å². The number of methoxy groups -OCH3 is 1. The number of alkyl halides is 1. The van der Waals surface area contributed by atoms with Crippen LogP contribution in [0.25, 0.3) is 10.9 Å². The Kier molecular flexibility index (Phi) is 10.6. The Labute approximate surface area is 260 Å². The maximum absolute atomic E-state index is 16.5. The lowest BCUT2D eigenvalue weighted by Gasteiger charge is -2.41. The molecule has 1 N–H and O–H groups in total. The topological polar surface area (TPSA) is 75.1 Å². The minimum Gasteiger partial charge on any atom is -0.497 e. The molecule has 0 amide bonds. The Morgan fingerprint density at radius 2 is 1.80 bits per heavy atom. The summed E-state index contributed by atoms with van der Waals surface area (Å²) in [6.07, 6.45) is 1.95. The number of carbonyl (C=O) groups is 1. The zero-order chi connectivity index (χ0) is 32.0. The first-order valence-electron chi connectivity index (χ1n) is 15.1. The van der Waals surface area contributed by atoms with E-state index in [1.807, 2.05) is 17.0 Å². The van der Waals surface area contributed by atoms with E-state index in [9.17, 15) is 23.1 Å². The second-order valence-electron chi connectivity index (χ2n) is 11.9. The van der Waals surface area contributed by atoms with Gasteiger partial charge in [-0.05, 0) is 80.1 Å². The minimum absolute atomic E-state index is 0.0341. The highest BCUT2D eigenvalue weighted by Gasteiger charge is 2.37. The predicted molar refractivity (Wildman–Crippen MR) is 161 cm³/mol. The van der Waals surface area contributed by atoms with Crippen molar-refractivity contribution in [2.24, 2.45) is 5.41 Å². The fourth-order valence-corrected chi connectivity index (χ4v) is 6.34. The number of aliphatic carboxylic acids is 1. The number of rotatable bonds is 10. The molecule has 0 spiro atoms. The van der Waals surface area contributed by atoms with Crippen LogP contribution < -0.4 is 4.74 Å². The van der Waals surface area contributed by atoms with Crippen molar-refractivity contribution in [1.29, 1.82) is 0 Å². The number of piperidine rings is 1. The summed E-state index contributed by atoms with van der Waals surface area (Å²) in [5.41, 5.74) is 1.48. The highest BCUT2D eigenvalue weighted by molar-refractivity contribution is 5.85. The Morgan fingerprint density at radius 1 is 1.09 bits per heavy atom. The molecule has 3 heterocycles. The monoisotopic (exact) mass is 627 g/mol. The molecule has 240 valence electrons. The number of carboxylic acid groups (broad SMARTS) is 1. The third-order valence-electron chi connectivity index (χ3n) is 8.90. The van der Waals surface area contributed by atoms with Gasteiger partial charge in [-0.1, -0.05) is 11.8 Å². The average Bonchev–Trinajstić information content (AvgIpc) is 3.03. The Bertz CT molecular complexity index is 1550. The van der Waals surface area contributed by atoms with Crippen molar-refractivity contribution in [1.82, 2.24) is 14.8 Å². The van der Waals surface area contributed by atoms with Gasteiger partial charge in [-0.15, -0.1) is 0 Å². The number of ether oxygens (including phenoxy) is 2. The van der Waals surface area contributed by atoms with E-state index in [-0.39, 0.29) is 18.4 Å². The zero-order valence-electron chi connectivity index (χ0n) is 25.3. The molecule has 0 unspecified atom stereocenters. The smallest absolute Gasteiger partial charge is 0.303 e. The number of pyridine rings is 1. The summed E-state index contributed by atoms with van der Waals surface area (Å²) in [6.45, 7) is 4.64. The molecule has 0 aliphatic carbocycles. The predicted octanol–water partition coefficient (Wildman–Crippen LogP) is 5.89. The summed E-state index contributed by atoms with van der Waals surface area (Å²) in [4.78, 5) is 20.8. The second-order valence-corrected chi connectivity index (χ2v) is 11.9. The number of benzene rings is 2. The summed E-state index contributed by atoms with van der Waals surface area (Å²) in [5.74, 6) is 1.08. The molecule has 11 heteroatoms. The molecule has 0 saturated carbocycles. The summed E-state index contributed by atoms with van der Waals surface area (Å²) >= 11 is 0. The van der Waals surface area contributed by atoms with Crippen LogP contribution in [0.15, 0.2) is 36.5 Å². The van der Waals surface area contributed by atoms with Gasteiger partial charge < -0.3 is 14.6 Å². The number of nitrogens with zero attached hydrogens (tertiary/aromatic N) is 3. The van der Waals surface area contributed by atoms with Crippen LogP contribution in [0.2, 0.25) is 0 Å². The van der Waals surface area contributed by atoms with Gasteiger partial charge in [0, 0.05) is 42.3 Å². The van der Waals surface area contributed by atoms with Crippen LogP contribution in [0.3, 0.4) is 0 Å². The van der Waals surface area contributed by atoms with Crippen LogP contribution in [0, 0.1) is 34.7 Å². The van der Waals surface area contributed by atoms with Crippen molar-refractivity contribution >= 4 is 16.9 Å². The third-order valence-corrected chi connectivity index (χ3v) is 8.90. The molecular weight excluding hydrogens is 590 g/mol. The van der Waals surface area contributed by atoms with Gasteiger partial charge in [-0.2, -0.15) is 0 Å². The van der Waals surface area contributed by atoms with Gasteiger partial charge in [-0.25, -0.2) is 17.6 Å². The van der Waals surface area contributed by atoms with Gasteiger partial charge in [0.05, 0.1) is 38.8 Å². The highest BCUT2D eigenvalue weighted by atomic mass is 19.2. The van der Waals surface area contributed by atoms with Gasteiger partial charge in [-0.3, -0.25) is 19.6 Å². The van der Waals surface area contributed by atoms with Gasteiger partial charge in [0.15, 0.2) is 17.5 Å². The van der Waals surface area contributed by atoms with Crippen LogP contribution >= 0.6 is 0 Å². The fraction of sp³-hybridized carbons (Fsp3) is 0.471. The number of aromatic nitrogens is 1. The summed E-state index contributed by atoms with van der Waals surface area (Å²) in [7, 11) is 1.56. The van der Waals surface area contributed by atoms with E-state index in [4.69, 9.17) is 9.47 Å². The second kappa shape index (κ2) is 14.6. The third kappa shape index (κ3) is 8.12. The molecule has 2 aliphatic heterocycles. The molecule has 2 fully saturated rings. The van der Waals surface area contributed by atoms with E-state index in [0.29, 0.717) is 80.9 Å². The first-order valence-corrected chi connectivity index (χ1v) is 15.1. The molecule has 3 aromatic rings. The molecule has 0 radical (unpaired) electrons. The summed E-state index contributed by atoms with van der Waals surface area (Å²) in [5, 5.41) is 10.5. The number of likely N-dealkylation sites (tertiary alicyclic amines) is 1. The van der Waals surface area contributed by atoms with Crippen molar-refractivity contribution in [3.8, 4) is 17.6 Å². The van der Waals surface area contributed by atoms with Crippen molar-refractivity contribution < 1.29 is 36.9 Å². The molecule has 2 aliphatic rings. The maximum Gasteiger partial charge on any atom is 0.303 e. The molecule has 5 rings (SSSR count). The molecule has 7 nitrogen and oxygen atoms in total. The number of fused-ring (bicyclic) bond motifs is 1. The van der Waals surface area contributed by atoms with Crippen LogP contribution in [-0.4, -0.2) is 78.9 Å². The number of hydrogen-bond donors (Lipinski definition) is 1. The molecular formula is C34H37F4N3O4. The number of carboxylic acids is 1. The van der Waals surface area contributed by atoms with Gasteiger partial charge in [0.25, 0.3) is 0 Å². The zero-order valence-corrected chi connectivity index (χ0v) is 25.3. The normalized spacial score (nSPS) is 17.9. The Balaban J connectivity index is 1.30. The average molecular weight is 628 g/mol. The van der Waals surface area contributed by atoms with Gasteiger partial charge in [0.1, 0.15) is 11.9 Å². The number of morpholine rings is 1. The van der Waals surface area contributed by atoms with E-state index >= 15 is 4.39 Å². The lowest BCUT2D eigenvalue weighted by Crippen LogP contribution is -2.41. The molecule has 2 saturated heterocycles. The first kappa shape index (κ1) is 32.7. The van der Waals surface area contributed by atoms with E-state index in [2.05, 4.69) is 21.7 Å². The molecule has 1 atom stereocenters. The SMILES string of the molecule is COc1ccc2ncc(CN3CCOCC3)c([C@@H](F)CCC3(CC(=O)O)CCN(CC#Cc4cc(F)c(F)c(F)c4)CC3)c2c1. The van der Waals surface area contributed by atoms with Crippen LogP contribution in [0.5, 0.6) is 5.75 Å². The van der Waals surface area contributed by atoms with Crippen molar-refractivity contribution in [3.63, 3.8) is 0 Å². The first-order chi connectivity index (χ1) is 21.7. The quantitative estimate of drug-likeness (QED) is 0.171. The standard InChI is InChI=1S/C34H37F4N3O4/c1-44-25-4-5-30-26(19-25)32(24(21-39-30)22-41-13-15-45-16-14-41)27(35)6-7-34(20-31(42)43)8-11-40(12-9-34)10-2-3-23-17-28(36)33(38)29(37)18-23/h4-5,17-19,21,27H,6-16,20,22H2,1H3,(H,42,43)/t27-/m0/s1. The lowest BCUT2D eigenvalue weighted by molar-refractivity contribution is -0.141. The largest absolute Gasteiger partial charge is 0.497 e. The molecule has 0 bridgehead atoms. The molecule has 45 heavy (non-hydrogen) atoms.